The van der Waals surface area contributed by atoms with Crippen LogP contribution in [0.2, 0.25) is 0 Å². The molecule has 0 saturated carbocycles. The fraction of sp³-hybridized carbons (Fsp3) is 0.500. The van der Waals surface area contributed by atoms with Crippen LogP contribution in [-0.2, 0) is 0 Å². The molecule has 3 N–H and O–H groups in total. The van der Waals surface area contributed by atoms with E-state index in [4.69, 9.17) is 4.74 Å². The maximum absolute atomic E-state index is 12.1. The van der Waals surface area contributed by atoms with Gasteiger partial charge in [-0.2, -0.15) is 0 Å². The molecule has 1 saturated heterocycles. The molecule has 1 heterocycles. The molecular weight excluding hydrogens is 244 g/mol. The van der Waals surface area contributed by atoms with Gasteiger partial charge in [-0.15, -0.1) is 0 Å². The molecule has 5 heteroatoms. The molecule has 2 atom stereocenters. The van der Waals surface area contributed by atoms with Crippen LogP contribution in [0.1, 0.15) is 17.3 Å². The van der Waals surface area contributed by atoms with Gasteiger partial charge >= 0.3 is 0 Å². The van der Waals surface area contributed by atoms with Crippen LogP contribution in [-0.4, -0.2) is 43.4 Å². The van der Waals surface area contributed by atoms with E-state index in [1.807, 2.05) is 19.1 Å². The molecule has 1 amide bonds. The van der Waals surface area contributed by atoms with Gasteiger partial charge < -0.3 is 20.5 Å². The first-order chi connectivity index (χ1) is 9.22. The Balaban J connectivity index is 1.95. The third kappa shape index (κ3) is 3.45. The van der Waals surface area contributed by atoms with Gasteiger partial charge in [0.05, 0.1) is 18.3 Å². The van der Waals surface area contributed by atoms with E-state index in [9.17, 15) is 9.90 Å². The summed E-state index contributed by atoms with van der Waals surface area (Å²) >= 11 is 0. The number of aliphatic hydroxyl groups is 1. The molecule has 0 aromatic heterocycles. The van der Waals surface area contributed by atoms with Crippen molar-refractivity contribution in [2.75, 3.05) is 26.2 Å². The minimum atomic E-state index is -0.387. The molecule has 2 rings (SSSR count). The van der Waals surface area contributed by atoms with Gasteiger partial charge in [-0.25, -0.2) is 0 Å². The zero-order valence-electron chi connectivity index (χ0n) is 11.1. The second-order valence-electron chi connectivity index (χ2n) is 4.62. The molecule has 19 heavy (non-hydrogen) atoms. The number of hydrogen-bond donors (Lipinski definition) is 3. The van der Waals surface area contributed by atoms with E-state index in [0.29, 0.717) is 31.0 Å². The number of benzene rings is 1. The lowest BCUT2D eigenvalue weighted by Crippen LogP contribution is -2.34. The van der Waals surface area contributed by atoms with Crippen molar-refractivity contribution in [2.45, 2.75) is 13.0 Å². The first-order valence-electron chi connectivity index (χ1n) is 6.61. The van der Waals surface area contributed by atoms with Crippen LogP contribution in [0, 0.1) is 5.92 Å². The maximum Gasteiger partial charge on any atom is 0.255 e. The van der Waals surface area contributed by atoms with Gasteiger partial charge in [0, 0.05) is 25.6 Å². The van der Waals surface area contributed by atoms with Gasteiger partial charge in [-0.3, -0.25) is 4.79 Å². The Morgan fingerprint density at radius 3 is 2.95 bits per heavy atom. The Hall–Kier alpha value is -1.59. The standard InChI is InChI=1S/C14H20N2O3/c1-2-19-13-6-4-3-5-11(13)14(18)16-8-10-7-15-9-12(10)17/h3-6,10,12,15,17H,2,7-9H2,1H3,(H,16,18). The number of ether oxygens (including phenoxy) is 1. The second-order valence-corrected chi connectivity index (χ2v) is 4.62. The number of nitrogens with one attached hydrogen (secondary N) is 2. The Labute approximate surface area is 113 Å². The molecule has 0 bridgehead atoms. The van der Waals surface area contributed by atoms with Crippen molar-refractivity contribution in [3.05, 3.63) is 29.8 Å². The summed E-state index contributed by atoms with van der Waals surface area (Å²) in [6, 6.07) is 7.17. The third-order valence-electron chi connectivity index (χ3n) is 3.26. The van der Waals surface area contributed by atoms with Crippen molar-refractivity contribution in [1.29, 1.82) is 0 Å². The van der Waals surface area contributed by atoms with Crippen LogP contribution in [0.5, 0.6) is 5.75 Å². The highest BCUT2D eigenvalue weighted by Gasteiger charge is 2.25. The average Bonchev–Trinajstić information content (AvgIpc) is 2.82. The lowest BCUT2D eigenvalue weighted by atomic mass is 10.1. The van der Waals surface area contributed by atoms with Crippen LogP contribution >= 0.6 is 0 Å². The van der Waals surface area contributed by atoms with Gasteiger partial charge in [-0.1, -0.05) is 12.1 Å². The first-order valence-corrected chi connectivity index (χ1v) is 6.61. The highest BCUT2D eigenvalue weighted by molar-refractivity contribution is 5.96. The molecule has 1 aliphatic rings. The monoisotopic (exact) mass is 264 g/mol. The SMILES string of the molecule is CCOc1ccccc1C(=O)NCC1CNCC1O. The number of rotatable bonds is 5. The van der Waals surface area contributed by atoms with Crippen LogP contribution in [0.15, 0.2) is 24.3 Å². The number of hydrogen-bond acceptors (Lipinski definition) is 4. The fourth-order valence-corrected chi connectivity index (χ4v) is 2.18. The van der Waals surface area contributed by atoms with Crippen LogP contribution < -0.4 is 15.4 Å². The van der Waals surface area contributed by atoms with E-state index < -0.39 is 0 Å². The summed E-state index contributed by atoms with van der Waals surface area (Å²) in [5.74, 6) is 0.499. The predicted molar refractivity (Wildman–Crippen MR) is 72.3 cm³/mol. The molecule has 1 aliphatic heterocycles. The van der Waals surface area contributed by atoms with Crippen LogP contribution in [0.3, 0.4) is 0 Å². The molecule has 1 fully saturated rings. The highest BCUT2D eigenvalue weighted by atomic mass is 16.5. The van der Waals surface area contributed by atoms with Crippen LogP contribution in [0.25, 0.3) is 0 Å². The zero-order chi connectivity index (χ0) is 13.7. The number of aliphatic hydroxyl groups excluding tert-OH is 1. The van der Waals surface area contributed by atoms with Crippen molar-refractivity contribution in [1.82, 2.24) is 10.6 Å². The lowest BCUT2D eigenvalue weighted by Gasteiger charge is -2.15. The number of carbonyl (C=O) groups is 1. The normalized spacial score (nSPS) is 22.2. The topological polar surface area (TPSA) is 70.6 Å². The molecule has 1 aromatic carbocycles. The molecule has 1 aromatic rings. The van der Waals surface area contributed by atoms with Crippen molar-refractivity contribution < 1.29 is 14.6 Å². The number of carbonyl (C=O) groups excluding carboxylic acids is 1. The quantitative estimate of drug-likeness (QED) is 0.720. The number of β-amino-alcohol motifs (C(OH)–C–C–N with tert-alkyl or cyclic N) is 1. The molecule has 0 spiro atoms. The summed E-state index contributed by atoms with van der Waals surface area (Å²) in [6.07, 6.45) is -0.387. The van der Waals surface area contributed by atoms with E-state index >= 15 is 0 Å². The second kappa shape index (κ2) is 6.54. The Kier molecular flexibility index (Phi) is 4.76. The van der Waals surface area contributed by atoms with Crippen molar-refractivity contribution in [2.24, 2.45) is 5.92 Å². The van der Waals surface area contributed by atoms with E-state index in [2.05, 4.69) is 10.6 Å². The van der Waals surface area contributed by atoms with Gasteiger partial charge in [-0.05, 0) is 19.1 Å². The highest BCUT2D eigenvalue weighted by Crippen LogP contribution is 2.18. The van der Waals surface area contributed by atoms with Crippen molar-refractivity contribution in [3.8, 4) is 5.75 Å². The van der Waals surface area contributed by atoms with Gasteiger partial charge in [0.1, 0.15) is 5.75 Å². The van der Waals surface area contributed by atoms with Crippen molar-refractivity contribution >= 4 is 5.91 Å². The largest absolute Gasteiger partial charge is 0.493 e. The van der Waals surface area contributed by atoms with E-state index in [0.717, 1.165) is 6.54 Å². The van der Waals surface area contributed by atoms with Gasteiger partial charge in [0.2, 0.25) is 0 Å². The van der Waals surface area contributed by atoms with E-state index in [-0.39, 0.29) is 17.9 Å². The smallest absolute Gasteiger partial charge is 0.255 e. The summed E-state index contributed by atoms with van der Waals surface area (Å²) in [7, 11) is 0. The van der Waals surface area contributed by atoms with Gasteiger partial charge in [0.25, 0.3) is 5.91 Å². The van der Waals surface area contributed by atoms with Crippen LogP contribution in [0.4, 0.5) is 0 Å². The molecular formula is C14H20N2O3. The zero-order valence-corrected chi connectivity index (χ0v) is 11.1. The summed E-state index contributed by atoms with van der Waals surface area (Å²) in [6.45, 7) is 4.20. The molecule has 104 valence electrons. The first kappa shape index (κ1) is 13.8. The van der Waals surface area contributed by atoms with Gasteiger partial charge in [0.15, 0.2) is 0 Å². The van der Waals surface area contributed by atoms with E-state index in [1.54, 1.807) is 12.1 Å². The summed E-state index contributed by atoms with van der Waals surface area (Å²) in [5.41, 5.74) is 0.532. The Bertz CT molecular complexity index is 436. The molecule has 0 radical (unpaired) electrons. The van der Waals surface area contributed by atoms with E-state index in [1.165, 1.54) is 0 Å². The summed E-state index contributed by atoms with van der Waals surface area (Å²) in [4.78, 5) is 12.1. The average molecular weight is 264 g/mol. The molecule has 2 unspecified atom stereocenters. The fourth-order valence-electron chi connectivity index (χ4n) is 2.18. The lowest BCUT2D eigenvalue weighted by molar-refractivity contribution is 0.0923. The minimum absolute atomic E-state index is 0.0724. The molecule has 0 aliphatic carbocycles. The minimum Gasteiger partial charge on any atom is -0.493 e. The maximum atomic E-state index is 12.1. The number of amides is 1. The summed E-state index contributed by atoms with van der Waals surface area (Å²) in [5, 5.41) is 15.6. The third-order valence-corrected chi connectivity index (χ3v) is 3.26. The molecule has 5 nitrogen and oxygen atoms in total. The van der Waals surface area contributed by atoms with Crippen molar-refractivity contribution in [3.63, 3.8) is 0 Å². The Morgan fingerprint density at radius 1 is 1.47 bits per heavy atom. The summed E-state index contributed by atoms with van der Waals surface area (Å²) < 4.78 is 5.43. The Morgan fingerprint density at radius 2 is 2.26 bits per heavy atom. The number of para-hydroxylation sites is 1. The predicted octanol–water partition coefficient (Wildman–Crippen LogP) is 0.395.